The molecule has 8 heteroatoms. The predicted octanol–water partition coefficient (Wildman–Crippen LogP) is 3.15. The molecule has 1 N–H and O–H groups in total. The normalized spacial score (nSPS) is 11.2. The summed E-state index contributed by atoms with van der Waals surface area (Å²) in [6, 6.07) is 7.41. The number of hydrogen-bond acceptors (Lipinski definition) is 4. The number of halogens is 1. The van der Waals surface area contributed by atoms with Gasteiger partial charge in [-0.15, -0.1) is 0 Å². The molecule has 0 aromatic heterocycles. The molecule has 0 saturated carbocycles. The molecule has 0 fully saturated rings. The second kappa shape index (κ2) is 5.72. The molecule has 2 rings (SSSR count). The maximum atomic E-state index is 13.2. The summed E-state index contributed by atoms with van der Waals surface area (Å²) in [6.45, 7) is 3.12. The van der Waals surface area contributed by atoms with E-state index in [9.17, 15) is 22.9 Å². The molecule has 0 heterocycles. The van der Waals surface area contributed by atoms with Crippen molar-refractivity contribution in [2.45, 2.75) is 18.7 Å². The predicted molar refractivity (Wildman–Crippen MR) is 79.8 cm³/mol. The molecule has 0 atom stereocenters. The third-order valence-electron chi connectivity index (χ3n) is 3.03. The van der Waals surface area contributed by atoms with Crippen LogP contribution in [0, 0.1) is 29.8 Å². The van der Waals surface area contributed by atoms with Crippen molar-refractivity contribution in [1.29, 1.82) is 0 Å². The van der Waals surface area contributed by atoms with Crippen molar-refractivity contribution in [1.82, 2.24) is 0 Å². The molecule has 0 bridgehead atoms. The van der Waals surface area contributed by atoms with Gasteiger partial charge < -0.3 is 0 Å². The molecule has 0 aliphatic rings. The molecule has 2 aromatic carbocycles. The van der Waals surface area contributed by atoms with Gasteiger partial charge in [-0.25, -0.2) is 12.8 Å². The number of nitro benzene ring substituents is 1. The van der Waals surface area contributed by atoms with Crippen LogP contribution in [0.25, 0.3) is 0 Å². The average molecular weight is 324 g/mol. The first-order valence-electron chi connectivity index (χ1n) is 6.25. The Morgan fingerprint density at radius 3 is 2.41 bits per heavy atom. The van der Waals surface area contributed by atoms with Gasteiger partial charge in [-0.3, -0.25) is 14.8 Å². The van der Waals surface area contributed by atoms with Gasteiger partial charge in [-0.2, -0.15) is 0 Å². The Morgan fingerprint density at radius 2 is 1.82 bits per heavy atom. The highest BCUT2D eigenvalue weighted by Gasteiger charge is 2.21. The van der Waals surface area contributed by atoms with Crippen LogP contribution < -0.4 is 4.72 Å². The number of nitro groups is 1. The summed E-state index contributed by atoms with van der Waals surface area (Å²) < 4.78 is 40.0. The van der Waals surface area contributed by atoms with Crippen LogP contribution in [-0.2, 0) is 10.0 Å². The second-order valence-electron chi connectivity index (χ2n) is 4.79. The average Bonchev–Trinajstić information content (AvgIpc) is 2.41. The lowest BCUT2D eigenvalue weighted by Crippen LogP contribution is -2.14. The standard InChI is InChI=1S/C14H13FN2O4S/c1-9-3-6-14(17(18)19)13(7-9)16-22(20,21)11-4-5-12(15)10(2)8-11/h3-8,16H,1-2H3. The second-order valence-corrected chi connectivity index (χ2v) is 6.48. The van der Waals surface area contributed by atoms with Crippen molar-refractivity contribution in [2.24, 2.45) is 0 Å². The Bertz CT molecular complexity index is 850. The maximum Gasteiger partial charge on any atom is 0.293 e. The molecule has 0 unspecified atom stereocenters. The van der Waals surface area contributed by atoms with Gasteiger partial charge in [0.25, 0.3) is 15.7 Å². The molecule has 0 aliphatic carbocycles. The van der Waals surface area contributed by atoms with Crippen LogP contribution in [0.2, 0.25) is 0 Å². The van der Waals surface area contributed by atoms with E-state index in [4.69, 9.17) is 0 Å². The molecule has 0 radical (unpaired) electrons. The van der Waals surface area contributed by atoms with Crippen molar-refractivity contribution in [2.75, 3.05) is 4.72 Å². The third kappa shape index (κ3) is 3.22. The number of hydrogen-bond donors (Lipinski definition) is 1. The molecular weight excluding hydrogens is 311 g/mol. The van der Waals surface area contributed by atoms with E-state index < -0.39 is 20.8 Å². The lowest BCUT2D eigenvalue weighted by molar-refractivity contribution is -0.383. The number of anilines is 1. The fraction of sp³-hybridized carbons (Fsp3) is 0.143. The Balaban J connectivity index is 2.47. The summed E-state index contributed by atoms with van der Waals surface area (Å²) in [7, 11) is -4.05. The van der Waals surface area contributed by atoms with Gasteiger partial charge in [0.05, 0.1) is 9.82 Å². The summed E-state index contributed by atoms with van der Waals surface area (Å²) >= 11 is 0. The highest BCUT2D eigenvalue weighted by Crippen LogP contribution is 2.28. The Kier molecular flexibility index (Phi) is 4.14. The molecule has 116 valence electrons. The minimum absolute atomic E-state index is 0.132. The largest absolute Gasteiger partial charge is 0.293 e. The zero-order valence-electron chi connectivity index (χ0n) is 11.8. The van der Waals surface area contributed by atoms with E-state index in [0.29, 0.717) is 5.56 Å². The van der Waals surface area contributed by atoms with Gasteiger partial charge in [-0.1, -0.05) is 6.07 Å². The first-order valence-corrected chi connectivity index (χ1v) is 7.73. The summed E-state index contributed by atoms with van der Waals surface area (Å²) in [6.07, 6.45) is 0. The van der Waals surface area contributed by atoms with Crippen LogP contribution in [0.4, 0.5) is 15.8 Å². The van der Waals surface area contributed by atoms with E-state index in [1.54, 1.807) is 6.92 Å². The molecule has 0 saturated heterocycles. The van der Waals surface area contributed by atoms with E-state index in [-0.39, 0.29) is 21.8 Å². The first kappa shape index (κ1) is 15.9. The molecule has 0 aliphatic heterocycles. The van der Waals surface area contributed by atoms with Crippen molar-refractivity contribution in [3.05, 3.63) is 63.5 Å². The highest BCUT2D eigenvalue weighted by atomic mass is 32.2. The van der Waals surface area contributed by atoms with Gasteiger partial charge in [0.15, 0.2) is 0 Å². The summed E-state index contributed by atoms with van der Waals surface area (Å²) in [5, 5.41) is 11.0. The van der Waals surface area contributed by atoms with Gasteiger partial charge in [0.1, 0.15) is 11.5 Å². The van der Waals surface area contributed by atoms with E-state index in [2.05, 4.69) is 4.72 Å². The van der Waals surface area contributed by atoms with Gasteiger partial charge in [0.2, 0.25) is 0 Å². The summed E-state index contributed by atoms with van der Waals surface area (Å²) in [5.41, 5.74) is 0.347. The number of sulfonamides is 1. The van der Waals surface area contributed by atoms with Crippen LogP contribution in [-0.4, -0.2) is 13.3 Å². The summed E-state index contributed by atoms with van der Waals surface area (Å²) in [4.78, 5) is 10.1. The van der Waals surface area contributed by atoms with E-state index in [1.165, 1.54) is 31.2 Å². The number of nitrogens with one attached hydrogen (secondary N) is 1. The van der Waals surface area contributed by atoms with Gasteiger partial charge in [-0.05, 0) is 49.2 Å². The molecule has 0 spiro atoms. The lowest BCUT2D eigenvalue weighted by atomic mass is 10.2. The number of aryl methyl sites for hydroxylation is 2. The lowest BCUT2D eigenvalue weighted by Gasteiger charge is -2.10. The molecule has 0 amide bonds. The highest BCUT2D eigenvalue weighted by molar-refractivity contribution is 7.92. The molecular formula is C14H13FN2O4S. The first-order chi connectivity index (χ1) is 10.2. The Hall–Kier alpha value is -2.48. The fourth-order valence-corrected chi connectivity index (χ4v) is 3.03. The van der Waals surface area contributed by atoms with E-state index >= 15 is 0 Å². The zero-order chi connectivity index (χ0) is 16.5. The Labute approximate surface area is 126 Å². The maximum absolute atomic E-state index is 13.2. The van der Waals surface area contributed by atoms with Crippen LogP contribution in [0.3, 0.4) is 0 Å². The smallest absolute Gasteiger partial charge is 0.273 e. The van der Waals surface area contributed by atoms with Crippen molar-refractivity contribution in [3.63, 3.8) is 0 Å². The quantitative estimate of drug-likeness (QED) is 0.691. The minimum Gasteiger partial charge on any atom is -0.273 e. The molecule has 22 heavy (non-hydrogen) atoms. The van der Waals surface area contributed by atoms with Crippen molar-refractivity contribution in [3.8, 4) is 0 Å². The van der Waals surface area contributed by atoms with Crippen LogP contribution >= 0.6 is 0 Å². The fourth-order valence-electron chi connectivity index (χ4n) is 1.88. The minimum atomic E-state index is -4.05. The monoisotopic (exact) mass is 324 g/mol. The van der Waals surface area contributed by atoms with Gasteiger partial charge >= 0.3 is 0 Å². The topological polar surface area (TPSA) is 89.3 Å². The number of benzene rings is 2. The number of nitrogens with zero attached hydrogens (tertiary/aromatic N) is 1. The van der Waals surface area contributed by atoms with E-state index in [1.807, 2.05) is 0 Å². The van der Waals surface area contributed by atoms with Crippen molar-refractivity contribution < 1.29 is 17.7 Å². The van der Waals surface area contributed by atoms with E-state index in [0.717, 1.165) is 12.1 Å². The summed E-state index contributed by atoms with van der Waals surface area (Å²) in [5.74, 6) is -0.527. The van der Waals surface area contributed by atoms with Crippen LogP contribution in [0.5, 0.6) is 0 Å². The van der Waals surface area contributed by atoms with Gasteiger partial charge in [0, 0.05) is 6.07 Å². The Morgan fingerprint density at radius 1 is 1.14 bits per heavy atom. The zero-order valence-corrected chi connectivity index (χ0v) is 12.6. The van der Waals surface area contributed by atoms with Crippen LogP contribution in [0.15, 0.2) is 41.3 Å². The third-order valence-corrected chi connectivity index (χ3v) is 4.40. The SMILES string of the molecule is Cc1ccc([N+](=O)[O-])c(NS(=O)(=O)c2ccc(F)c(C)c2)c1. The van der Waals surface area contributed by atoms with Crippen LogP contribution in [0.1, 0.15) is 11.1 Å². The molecule has 2 aromatic rings. The molecule has 6 nitrogen and oxygen atoms in total. The van der Waals surface area contributed by atoms with Crippen molar-refractivity contribution >= 4 is 21.4 Å². The number of rotatable bonds is 4.